The molecule has 1 aromatic carbocycles. The van der Waals surface area contributed by atoms with E-state index in [0.29, 0.717) is 10.9 Å². The molecule has 0 N–H and O–H groups in total. The second-order valence-corrected chi connectivity index (χ2v) is 3.70. The summed E-state index contributed by atoms with van der Waals surface area (Å²) in [6.07, 6.45) is -1.86. The van der Waals surface area contributed by atoms with Crippen molar-refractivity contribution in [3.63, 3.8) is 0 Å². The first kappa shape index (κ1) is 9.33. The summed E-state index contributed by atoms with van der Waals surface area (Å²) >= 11 is 0. The van der Waals surface area contributed by atoms with E-state index in [1.54, 1.807) is 6.07 Å². The predicted molar refractivity (Wildman–Crippen MR) is 53.8 cm³/mol. The highest BCUT2D eigenvalue weighted by atomic mass is 19.3. The Hall–Kier alpha value is -1.91. The molecule has 0 saturated carbocycles. The molecule has 0 aliphatic carbocycles. The molecule has 0 fully saturated rings. The molecule has 3 rings (SSSR count). The Kier molecular flexibility index (Phi) is 1.64. The van der Waals surface area contributed by atoms with Crippen LogP contribution in [-0.4, -0.2) is 10.7 Å². The third-order valence-electron chi connectivity index (χ3n) is 2.57. The van der Waals surface area contributed by atoms with E-state index in [4.69, 9.17) is 0 Å². The average molecular weight is 223 g/mol. The van der Waals surface area contributed by atoms with Crippen molar-refractivity contribution in [2.45, 2.75) is 12.7 Å². The Morgan fingerprint density at radius 2 is 2.12 bits per heavy atom. The molecule has 0 spiro atoms. The maximum atomic E-state index is 13.2. The number of hydrogen-bond acceptors (Lipinski definition) is 2. The molecule has 3 nitrogen and oxygen atoms in total. The Labute approximate surface area is 88.9 Å². The molecule has 1 aromatic heterocycles. The molecule has 82 valence electrons. The molecule has 0 amide bonds. The molecule has 2 heterocycles. The Morgan fingerprint density at radius 1 is 1.31 bits per heavy atom. The van der Waals surface area contributed by atoms with Crippen molar-refractivity contribution in [3.05, 3.63) is 40.7 Å². The summed E-state index contributed by atoms with van der Waals surface area (Å²) < 4.78 is 32.3. The summed E-state index contributed by atoms with van der Waals surface area (Å²) in [4.78, 5) is 11.5. The standard InChI is InChI=1S/C11H7F2NO2/c12-11(13)6-14-5-4-8(15)7-2-1-3-9(16-11)10(7)14/h1-5H,6H2. The molecular formula is C11H7F2NO2. The van der Waals surface area contributed by atoms with Gasteiger partial charge in [0.2, 0.25) is 0 Å². The molecule has 0 saturated heterocycles. The fourth-order valence-corrected chi connectivity index (χ4v) is 1.94. The van der Waals surface area contributed by atoms with E-state index in [1.807, 2.05) is 0 Å². The molecule has 0 unspecified atom stereocenters. The maximum absolute atomic E-state index is 13.2. The number of benzene rings is 1. The molecule has 0 radical (unpaired) electrons. The van der Waals surface area contributed by atoms with Crippen LogP contribution in [0.25, 0.3) is 10.9 Å². The quantitative estimate of drug-likeness (QED) is 0.683. The van der Waals surface area contributed by atoms with Crippen LogP contribution in [0, 0.1) is 0 Å². The number of aromatic nitrogens is 1. The van der Waals surface area contributed by atoms with Gasteiger partial charge in [-0.3, -0.25) is 4.79 Å². The number of pyridine rings is 1. The number of ether oxygens (including phenoxy) is 1. The lowest BCUT2D eigenvalue weighted by molar-refractivity contribution is -0.189. The zero-order valence-electron chi connectivity index (χ0n) is 8.11. The van der Waals surface area contributed by atoms with Gasteiger partial charge in [0.25, 0.3) is 0 Å². The van der Waals surface area contributed by atoms with E-state index >= 15 is 0 Å². The minimum Gasteiger partial charge on any atom is -0.429 e. The molecule has 1 aliphatic heterocycles. The van der Waals surface area contributed by atoms with Gasteiger partial charge in [-0.25, -0.2) is 0 Å². The first-order valence-electron chi connectivity index (χ1n) is 4.76. The molecule has 16 heavy (non-hydrogen) atoms. The smallest absolute Gasteiger partial charge is 0.416 e. The first-order valence-corrected chi connectivity index (χ1v) is 4.76. The number of hydrogen-bond donors (Lipinski definition) is 0. The van der Waals surface area contributed by atoms with E-state index in [-0.39, 0.29) is 11.2 Å². The number of para-hydroxylation sites is 1. The van der Waals surface area contributed by atoms with E-state index in [0.717, 1.165) is 0 Å². The van der Waals surface area contributed by atoms with Crippen molar-refractivity contribution in [2.75, 3.05) is 0 Å². The van der Waals surface area contributed by atoms with E-state index < -0.39 is 12.7 Å². The topological polar surface area (TPSA) is 31.2 Å². The summed E-state index contributed by atoms with van der Waals surface area (Å²) in [5, 5.41) is 0.399. The minimum absolute atomic E-state index is 0.0476. The van der Waals surface area contributed by atoms with Crippen molar-refractivity contribution in [1.29, 1.82) is 0 Å². The Balaban J connectivity index is 2.43. The van der Waals surface area contributed by atoms with Crippen LogP contribution in [0.15, 0.2) is 35.3 Å². The summed E-state index contributed by atoms with van der Waals surface area (Å²) in [7, 11) is 0. The largest absolute Gasteiger partial charge is 0.429 e. The number of halogens is 2. The van der Waals surface area contributed by atoms with Crippen molar-refractivity contribution in [1.82, 2.24) is 4.57 Å². The SMILES string of the molecule is O=c1ccn2c3c(cccc13)OC(F)(F)C2. The van der Waals surface area contributed by atoms with Gasteiger partial charge in [-0.05, 0) is 12.1 Å². The minimum atomic E-state index is -3.23. The van der Waals surface area contributed by atoms with Crippen LogP contribution in [0.5, 0.6) is 5.75 Å². The highest BCUT2D eigenvalue weighted by molar-refractivity contribution is 5.85. The number of nitrogens with zero attached hydrogens (tertiary/aromatic N) is 1. The van der Waals surface area contributed by atoms with Crippen molar-refractivity contribution in [3.8, 4) is 5.75 Å². The second-order valence-electron chi connectivity index (χ2n) is 3.70. The fourth-order valence-electron chi connectivity index (χ4n) is 1.94. The predicted octanol–water partition coefficient (Wildman–Crippen LogP) is 1.99. The molecule has 1 aliphatic rings. The molecule has 0 atom stereocenters. The van der Waals surface area contributed by atoms with E-state index in [1.165, 1.54) is 29.0 Å². The normalized spacial score (nSPS) is 17.1. The van der Waals surface area contributed by atoms with Crippen LogP contribution < -0.4 is 10.2 Å². The highest BCUT2D eigenvalue weighted by Crippen LogP contribution is 2.34. The van der Waals surface area contributed by atoms with Gasteiger partial charge < -0.3 is 9.30 Å². The van der Waals surface area contributed by atoms with Gasteiger partial charge in [-0.1, -0.05) is 6.07 Å². The number of rotatable bonds is 0. The van der Waals surface area contributed by atoms with Crippen LogP contribution in [0.4, 0.5) is 8.78 Å². The van der Waals surface area contributed by atoms with Gasteiger partial charge in [0.1, 0.15) is 6.54 Å². The summed E-state index contributed by atoms with van der Waals surface area (Å²) in [6, 6.07) is 5.86. The van der Waals surface area contributed by atoms with Crippen molar-refractivity contribution >= 4 is 10.9 Å². The van der Waals surface area contributed by atoms with Gasteiger partial charge in [0.15, 0.2) is 11.2 Å². The summed E-state index contributed by atoms with van der Waals surface area (Å²) in [5.41, 5.74) is 0.239. The molecule has 0 bridgehead atoms. The van der Waals surface area contributed by atoms with Crippen LogP contribution in [-0.2, 0) is 6.54 Å². The lowest BCUT2D eigenvalue weighted by Gasteiger charge is -2.26. The van der Waals surface area contributed by atoms with Gasteiger partial charge in [0.05, 0.1) is 5.52 Å². The zero-order valence-corrected chi connectivity index (χ0v) is 8.11. The summed E-state index contributed by atoms with van der Waals surface area (Å²) in [6.45, 7) is -0.569. The Morgan fingerprint density at radius 3 is 2.94 bits per heavy atom. The first-order chi connectivity index (χ1) is 7.57. The summed E-state index contributed by atoms with van der Waals surface area (Å²) in [5.74, 6) is 0.0476. The van der Waals surface area contributed by atoms with Gasteiger partial charge in [-0.15, -0.1) is 0 Å². The maximum Gasteiger partial charge on any atom is 0.416 e. The van der Waals surface area contributed by atoms with E-state index in [2.05, 4.69) is 4.74 Å². The monoisotopic (exact) mass is 223 g/mol. The second kappa shape index (κ2) is 2.81. The van der Waals surface area contributed by atoms with Gasteiger partial charge in [-0.2, -0.15) is 8.78 Å². The van der Waals surface area contributed by atoms with Crippen LogP contribution in [0.1, 0.15) is 0 Å². The number of alkyl halides is 2. The molecular weight excluding hydrogens is 216 g/mol. The average Bonchev–Trinajstić information content (AvgIpc) is 2.21. The van der Waals surface area contributed by atoms with Gasteiger partial charge in [0, 0.05) is 17.6 Å². The zero-order chi connectivity index (χ0) is 11.3. The van der Waals surface area contributed by atoms with Crippen LogP contribution >= 0.6 is 0 Å². The third kappa shape index (κ3) is 1.21. The highest BCUT2D eigenvalue weighted by Gasteiger charge is 2.37. The van der Waals surface area contributed by atoms with E-state index in [9.17, 15) is 13.6 Å². The third-order valence-corrected chi connectivity index (χ3v) is 2.57. The van der Waals surface area contributed by atoms with Crippen LogP contribution in [0.2, 0.25) is 0 Å². The molecule has 2 aromatic rings. The Bertz CT molecular complexity index is 619. The lowest BCUT2D eigenvalue weighted by Crippen LogP contribution is -2.35. The fraction of sp³-hybridized carbons (Fsp3) is 0.182. The molecule has 5 heteroatoms. The van der Waals surface area contributed by atoms with Crippen molar-refractivity contribution < 1.29 is 13.5 Å². The van der Waals surface area contributed by atoms with Crippen molar-refractivity contribution in [2.24, 2.45) is 0 Å². The van der Waals surface area contributed by atoms with Gasteiger partial charge >= 0.3 is 6.11 Å². The lowest BCUT2D eigenvalue weighted by atomic mass is 10.1. The van der Waals surface area contributed by atoms with Crippen LogP contribution in [0.3, 0.4) is 0 Å².